The Morgan fingerprint density at radius 3 is 2.48 bits per heavy atom. The molecular weight excluding hydrogens is 264 g/mol. The van der Waals surface area contributed by atoms with E-state index in [2.05, 4.69) is 19.9 Å². The molecule has 0 aromatic heterocycles. The molecule has 3 nitrogen and oxygen atoms in total. The number of hydrogen-bond donors (Lipinski definition) is 1. The summed E-state index contributed by atoms with van der Waals surface area (Å²) in [5.41, 5.74) is 1.39. The van der Waals surface area contributed by atoms with Crippen molar-refractivity contribution in [2.24, 2.45) is 0 Å². The van der Waals surface area contributed by atoms with Gasteiger partial charge in [-0.3, -0.25) is 4.79 Å². The lowest BCUT2D eigenvalue weighted by molar-refractivity contribution is -0.136. The Bertz CT molecular complexity index is 318. The highest BCUT2D eigenvalue weighted by Crippen LogP contribution is 2.13. The van der Waals surface area contributed by atoms with Crippen molar-refractivity contribution in [1.29, 1.82) is 0 Å². The van der Waals surface area contributed by atoms with Crippen molar-refractivity contribution < 1.29 is 14.6 Å². The quantitative estimate of drug-likeness (QED) is 0.379. The molecule has 0 amide bonds. The molecule has 122 valence electrons. The number of carbonyl (C=O) groups is 1. The van der Waals surface area contributed by atoms with Gasteiger partial charge in [0.15, 0.2) is 0 Å². The van der Waals surface area contributed by atoms with E-state index in [-0.39, 0.29) is 12.5 Å². The molecule has 0 spiro atoms. The van der Waals surface area contributed by atoms with Crippen LogP contribution in [0.25, 0.3) is 0 Å². The fourth-order valence-corrected chi connectivity index (χ4v) is 2.20. The minimum Gasteiger partial charge on any atom is -0.481 e. The van der Waals surface area contributed by atoms with Crippen LogP contribution in [-0.4, -0.2) is 24.3 Å². The van der Waals surface area contributed by atoms with Crippen LogP contribution in [0.4, 0.5) is 0 Å². The molecular formula is C18H32O3. The third-order valence-corrected chi connectivity index (χ3v) is 3.51. The SMILES string of the molecule is CCCCCCC/C(C)=C/C(C/C=C/CCC(=O)O)OC. The highest BCUT2D eigenvalue weighted by molar-refractivity contribution is 5.66. The Labute approximate surface area is 130 Å². The fourth-order valence-electron chi connectivity index (χ4n) is 2.20. The first-order valence-corrected chi connectivity index (χ1v) is 8.17. The van der Waals surface area contributed by atoms with E-state index in [9.17, 15) is 4.79 Å². The van der Waals surface area contributed by atoms with Gasteiger partial charge in [0.25, 0.3) is 0 Å². The molecule has 0 rings (SSSR count). The lowest BCUT2D eigenvalue weighted by Crippen LogP contribution is -2.06. The zero-order valence-electron chi connectivity index (χ0n) is 13.9. The largest absolute Gasteiger partial charge is 0.481 e. The monoisotopic (exact) mass is 296 g/mol. The topological polar surface area (TPSA) is 46.5 Å². The maximum atomic E-state index is 10.4. The van der Waals surface area contributed by atoms with Crippen LogP contribution in [0.1, 0.15) is 71.6 Å². The summed E-state index contributed by atoms with van der Waals surface area (Å²) in [7, 11) is 1.72. The number of allylic oxidation sites excluding steroid dienone is 2. The molecule has 0 heterocycles. The average molecular weight is 296 g/mol. The van der Waals surface area contributed by atoms with Crippen molar-refractivity contribution in [2.45, 2.75) is 77.7 Å². The van der Waals surface area contributed by atoms with Gasteiger partial charge in [-0.05, 0) is 32.6 Å². The van der Waals surface area contributed by atoms with E-state index in [1.165, 1.54) is 37.7 Å². The van der Waals surface area contributed by atoms with Gasteiger partial charge in [-0.15, -0.1) is 0 Å². The van der Waals surface area contributed by atoms with Crippen LogP contribution in [0.5, 0.6) is 0 Å². The first-order valence-electron chi connectivity index (χ1n) is 8.17. The number of rotatable bonds is 13. The predicted molar refractivity (Wildman–Crippen MR) is 88.6 cm³/mol. The van der Waals surface area contributed by atoms with E-state index in [0.29, 0.717) is 6.42 Å². The molecule has 0 aliphatic rings. The van der Waals surface area contributed by atoms with Crippen LogP contribution in [0.3, 0.4) is 0 Å². The molecule has 0 aromatic carbocycles. The molecule has 0 aromatic rings. The summed E-state index contributed by atoms with van der Waals surface area (Å²) in [5, 5.41) is 8.56. The Morgan fingerprint density at radius 1 is 1.14 bits per heavy atom. The van der Waals surface area contributed by atoms with Gasteiger partial charge in [-0.1, -0.05) is 56.4 Å². The number of ether oxygens (including phenoxy) is 1. The van der Waals surface area contributed by atoms with Gasteiger partial charge >= 0.3 is 5.97 Å². The molecule has 0 aliphatic heterocycles. The summed E-state index contributed by atoms with van der Waals surface area (Å²) in [6.45, 7) is 4.40. The smallest absolute Gasteiger partial charge is 0.303 e. The highest BCUT2D eigenvalue weighted by atomic mass is 16.5. The van der Waals surface area contributed by atoms with Gasteiger partial charge in [-0.25, -0.2) is 0 Å². The van der Waals surface area contributed by atoms with Crippen molar-refractivity contribution in [3.05, 3.63) is 23.8 Å². The van der Waals surface area contributed by atoms with Crippen molar-refractivity contribution in [3.8, 4) is 0 Å². The Kier molecular flexibility index (Phi) is 13.2. The maximum Gasteiger partial charge on any atom is 0.303 e. The van der Waals surface area contributed by atoms with Gasteiger partial charge in [0.1, 0.15) is 0 Å². The van der Waals surface area contributed by atoms with Gasteiger partial charge < -0.3 is 9.84 Å². The van der Waals surface area contributed by atoms with Gasteiger partial charge in [-0.2, -0.15) is 0 Å². The molecule has 0 saturated carbocycles. The molecule has 0 radical (unpaired) electrons. The summed E-state index contributed by atoms with van der Waals surface area (Å²) >= 11 is 0. The van der Waals surface area contributed by atoms with Crippen molar-refractivity contribution in [2.75, 3.05) is 7.11 Å². The number of unbranched alkanes of at least 4 members (excludes halogenated alkanes) is 4. The number of methoxy groups -OCH3 is 1. The second-order valence-electron chi connectivity index (χ2n) is 5.59. The zero-order valence-corrected chi connectivity index (χ0v) is 13.9. The minimum absolute atomic E-state index is 0.0988. The highest BCUT2D eigenvalue weighted by Gasteiger charge is 2.02. The molecule has 21 heavy (non-hydrogen) atoms. The maximum absolute atomic E-state index is 10.4. The number of carboxylic acids is 1. The molecule has 0 fully saturated rings. The van der Waals surface area contributed by atoms with Gasteiger partial charge in [0.05, 0.1) is 6.10 Å². The van der Waals surface area contributed by atoms with E-state index in [1.807, 2.05) is 12.2 Å². The van der Waals surface area contributed by atoms with Crippen molar-refractivity contribution in [1.82, 2.24) is 0 Å². The second kappa shape index (κ2) is 13.9. The van der Waals surface area contributed by atoms with E-state index >= 15 is 0 Å². The summed E-state index contributed by atoms with van der Waals surface area (Å²) in [5.74, 6) is -0.748. The first kappa shape index (κ1) is 19.9. The van der Waals surface area contributed by atoms with Crippen LogP contribution in [0.15, 0.2) is 23.8 Å². The first-order chi connectivity index (χ1) is 10.1. The molecule has 3 heteroatoms. The van der Waals surface area contributed by atoms with Crippen LogP contribution in [0.2, 0.25) is 0 Å². The van der Waals surface area contributed by atoms with E-state index in [0.717, 1.165) is 12.8 Å². The van der Waals surface area contributed by atoms with Crippen LogP contribution in [0, 0.1) is 0 Å². The Morgan fingerprint density at radius 2 is 1.86 bits per heavy atom. The van der Waals surface area contributed by atoms with Gasteiger partial charge in [0, 0.05) is 13.5 Å². The van der Waals surface area contributed by atoms with Crippen molar-refractivity contribution in [3.63, 3.8) is 0 Å². The number of carboxylic acid groups (broad SMARTS) is 1. The summed E-state index contributed by atoms with van der Waals surface area (Å²) in [6, 6.07) is 0. The molecule has 0 aliphatic carbocycles. The summed E-state index contributed by atoms with van der Waals surface area (Å²) < 4.78 is 5.45. The molecule has 0 saturated heterocycles. The third kappa shape index (κ3) is 13.6. The lowest BCUT2D eigenvalue weighted by Gasteiger charge is -2.10. The zero-order chi connectivity index (χ0) is 15.9. The molecule has 1 atom stereocenters. The fraction of sp³-hybridized carbons (Fsp3) is 0.722. The summed E-state index contributed by atoms with van der Waals surface area (Å²) in [6.07, 6.45) is 15.5. The predicted octanol–water partition coefficient (Wildman–Crippen LogP) is 5.12. The van der Waals surface area contributed by atoms with E-state index < -0.39 is 5.97 Å². The average Bonchev–Trinajstić information content (AvgIpc) is 2.45. The van der Waals surface area contributed by atoms with E-state index in [1.54, 1.807) is 7.11 Å². The summed E-state index contributed by atoms with van der Waals surface area (Å²) in [4.78, 5) is 10.4. The molecule has 1 unspecified atom stereocenters. The normalized spacial score (nSPS) is 13.8. The second-order valence-corrected chi connectivity index (χ2v) is 5.59. The molecule has 0 bridgehead atoms. The lowest BCUT2D eigenvalue weighted by atomic mass is 10.0. The Balaban J connectivity index is 3.92. The van der Waals surface area contributed by atoms with Crippen molar-refractivity contribution >= 4 is 5.97 Å². The van der Waals surface area contributed by atoms with Gasteiger partial charge in [0.2, 0.25) is 0 Å². The standard InChI is InChI=1S/C18H32O3/c1-4-5-6-7-9-12-16(2)15-17(21-3)13-10-8-11-14-18(19)20/h8,10,15,17H,4-7,9,11-14H2,1-3H3,(H,19,20)/b10-8+,16-15+. The van der Waals surface area contributed by atoms with Crippen LogP contribution < -0.4 is 0 Å². The van der Waals surface area contributed by atoms with E-state index in [4.69, 9.17) is 9.84 Å². The van der Waals surface area contributed by atoms with Crippen LogP contribution in [-0.2, 0) is 9.53 Å². The third-order valence-electron chi connectivity index (χ3n) is 3.51. The Hall–Kier alpha value is -1.09. The molecule has 1 N–H and O–H groups in total. The van der Waals surface area contributed by atoms with Crippen LogP contribution >= 0.6 is 0 Å². The number of aliphatic carboxylic acids is 1. The minimum atomic E-state index is -0.748. The number of hydrogen-bond acceptors (Lipinski definition) is 2.